The summed E-state index contributed by atoms with van der Waals surface area (Å²) < 4.78 is 11.3. The first-order valence-corrected chi connectivity index (χ1v) is 7.81. The zero-order chi connectivity index (χ0) is 17.2. The molecule has 1 unspecified atom stereocenters. The Kier molecular flexibility index (Phi) is 4.25. The second kappa shape index (κ2) is 6.35. The third-order valence-electron chi connectivity index (χ3n) is 4.22. The van der Waals surface area contributed by atoms with Gasteiger partial charge in [0.1, 0.15) is 11.5 Å². The molecule has 5 nitrogen and oxygen atoms in total. The van der Waals surface area contributed by atoms with Crippen molar-refractivity contribution >= 4 is 11.8 Å². The van der Waals surface area contributed by atoms with Gasteiger partial charge < -0.3 is 14.6 Å². The van der Waals surface area contributed by atoms with Crippen molar-refractivity contribution in [3.63, 3.8) is 0 Å². The molecule has 0 aromatic heterocycles. The SMILES string of the molecule is CCC1(C(=O)c2ccccc2OCC(=O)O)Cc2ccccc2O1. The number of ether oxygens (including phenoxy) is 2. The zero-order valence-electron chi connectivity index (χ0n) is 13.3. The molecule has 0 aliphatic carbocycles. The molecule has 1 heterocycles. The van der Waals surface area contributed by atoms with E-state index in [-0.39, 0.29) is 11.5 Å². The lowest BCUT2D eigenvalue weighted by Gasteiger charge is -2.26. The second-order valence-electron chi connectivity index (χ2n) is 5.74. The summed E-state index contributed by atoms with van der Waals surface area (Å²) in [5, 5.41) is 8.80. The Balaban J connectivity index is 1.93. The molecule has 124 valence electrons. The lowest BCUT2D eigenvalue weighted by Crippen LogP contribution is -2.43. The van der Waals surface area contributed by atoms with E-state index in [1.54, 1.807) is 24.3 Å². The Labute approximate surface area is 139 Å². The van der Waals surface area contributed by atoms with Gasteiger partial charge in [0.05, 0.1) is 5.56 Å². The van der Waals surface area contributed by atoms with Gasteiger partial charge in [-0.2, -0.15) is 0 Å². The van der Waals surface area contributed by atoms with E-state index < -0.39 is 18.2 Å². The van der Waals surface area contributed by atoms with Crippen LogP contribution in [0.2, 0.25) is 0 Å². The van der Waals surface area contributed by atoms with E-state index >= 15 is 0 Å². The summed E-state index contributed by atoms with van der Waals surface area (Å²) in [5.74, 6) is -0.303. The third kappa shape index (κ3) is 2.85. The fraction of sp³-hybridized carbons (Fsp3) is 0.263. The largest absolute Gasteiger partial charge is 0.481 e. The lowest BCUT2D eigenvalue weighted by atomic mass is 9.86. The van der Waals surface area contributed by atoms with Crippen LogP contribution in [0.1, 0.15) is 29.3 Å². The van der Waals surface area contributed by atoms with Gasteiger partial charge in [-0.1, -0.05) is 37.3 Å². The van der Waals surface area contributed by atoms with Crippen LogP contribution in [-0.2, 0) is 11.2 Å². The van der Waals surface area contributed by atoms with E-state index in [1.165, 1.54) is 0 Å². The van der Waals surface area contributed by atoms with Gasteiger partial charge in [-0.15, -0.1) is 0 Å². The van der Waals surface area contributed by atoms with Gasteiger partial charge in [0.2, 0.25) is 5.78 Å². The maximum absolute atomic E-state index is 13.2. The molecule has 1 aliphatic heterocycles. The number of hydrogen-bond donors (Lipinski definition) is 1. The molecule has 1 atom stereocenters. The first-order valence-electron chi connectivity index (χ1n) is 7.81. The molecule has 0 amide bonds. The summed E-state index contributed by atoms with van der Waals surface area (Å²) >= 11 is 0. The van der Waals surface area contributed by atoms with Crippen molar-refractivity contribution in [3.05, 3.63) is 59.7 Å². The molecule has 2 aromatic rings. The number of Topliss-reactive ketones (excluding diaryl/α,β-unsaturated/α-hetero) is 1. The molecule has 0 spiro atoms. The van der Waals surface area contributed by atoms with E-state index in [2.05, 4.69) is 0 Å². The first-order chi connectivity index (χ1) is 11.6. The maximum Gasteiger partial charge on any atom is 0.341 e. The number of carbonyl (C=O) groups is 2. The molecule has 0 radical (unpaired) electrons. The highest BCUT2D eigenvalue weighted by Crippen LogP contribution is 2.40. The van der Waals surface area contributed by atoms with Crippen molar-refractivity contribution in [3.8, 4) is 11.5 Å². The Bertz CT molecular complexity index is 756. The third-order valence-corrected chi connectivity index (χ3v) is 4.22. The molecular weight excluding hydrogens is 308 g/mol. The number of hydrogen-bond acceptors (Lipinski definition) is 4. The smallest absolute Gasteiger partial charge is 0.341 e. The predicted molar refractivity (Wildman–Crippen MR) is 87.7 cm³/mol. The molecule has 24 heavy (non-hydrogen) atoms. The minimum absolute atomic E-state index is 0.192. The first kappa shape index (κ1) is 16.1. The van der Waals surface area contributed by atoms with Crippen LogP contribution in [0.25, 0.3) is 0 Å². The van der Waals surface area contributed by atoms with Gasteiger partial charge in [-0.25, -0.2) is 4.79 Å². The molecule has 2 aromatic carbocycles. The topological polar surface area (TPSA) is 72.8 Å². The number of aliphatic carboxylic acids is 1. The Morgan fingerprint density at radius 3 is 2.58 bits per heavy atom. The van der Waals surface area contributed by atoms with E-state index in [0.29, 0.717) is 18.4 Å². The maximum atomic E-state index is 13.2. The van der Waals surface area contributed by atoms with Crippen LogP contribution >= 0.6 is 0 Å². The lowest BCUT2D eigenvalue weighted by molar-refractivity contribution is -0.139. The summed E-state index contributed by atoms with van der Waals surface area (Å²) in [4.78, 5) is 23.9. The van der Waals surface area contributed by atoms with Crippen LogP contribution in [0, 0.1) is 0 Å². The van der Waals surface area contributed by atoms with Crippen molar-refractivity contribution in [1.82, 2.24) is 0 Å². The summed E-state index contributed by atoms with van der Waals surface area (Å²) in [6.45, 7) is 1.41. The monoisotopic (exact) mass is 326 g/mol. The van der Waals surface area contributed by atoms with Crippen LogP contribution in [0.15, 0.2) is 48.5 Å². The predicted octanol–water partition coefficient (Wildman–Crippen LogP) is 3.12. The average Bonchev–Trinajstić information content (AvgIpc) is 2.99. The van der Waals surface area contributed by atoms with E-state index in [1.807, 2.05) is 31.2 Å². The van der Waals surface area contributed by atoms with Crippen LogP contribution < -0.4 is 9.47 Å². The zero-order valence-corrected chi connectivity index (χ0v) is 13.3. The van der Waals surface area contributed by atoms with E-state index in [0.717, 1.165) is 11.3 Å². The van der Waals surface area contributed by atoms with Gasteiger partial charge >= 0.3 is 5.97 Å². The fourth-order valence-electron chi connectivity index (χ4n) is 2.95. The number of carboxylic acid groups (broad SMARTS) is 1. The highest BCUT2D eigenvalue weighted by molar-refractivity contribution is 6.05. The van der Waals surface area contributed by atoms with Crippen LogP contribution in [0.4, 0.5) is 0 Å². The van der Waals surface area contributed by atoms with Gasteiger partial charge in [0.25, 0.3) is 0 Å². The minimum Gasteiger partial charge on any atom is -0.481 e. The van der Waals surface area contributed by atoms with Crippen LogP contribution in [-0.4, -0.2) is 29.1 Å². The molecule has 1 N–H and O–H groups in total. The number of ketones is 1. The van der Waals surface area contributed by atoms with E-state index in [4.69, 9.17) is 14.6 Å². The Morgan fingerprint density at radius 2 is 1.88 bits per heavy atom. The molecule has 1 aliphatic rings. The highest BCUT2D eigenvalue weighted by atomic mass is 16.5. The van der Waals surface area contributed by atoms with Crippen molar-refractivity contribution in [2.45, 2.75) is 25.4 Å². The molecule has 0 fully saturated rings. The summed E-state index contributed by atoms with van der Waals surface area (Å²) in [6, 6.07) is 14.3. The number of carbonyl (C=O) groups excluding carboxylic acids is 1. The number of para-hydroxylation sites is 2. The van der Waals surface area contributed by atoms with Crippen molar-refractivity contribution < 1.29 is 24.2 Å². The van der Waals surface area contributed by atoms with Gasteiger partial charge in [0, 0.05) is 6.42 Å². The molecule has 3 rings (SSSR count). The standard InChI is InChI=1S/C19H18O5/c1-2-19(11-13-7-3-5-9-15(13)24-19)18(22)14-8-4-6-10-16(14)23-12-17(20)21/h3-10H,2,11-12H2,1H3,(H,20,21). The summed E-state index contributed by atoms with van der Waals surface area (Å²) in [5.41, 5.74) is 0.358. The quantitative estimate of drug-likeness (QED) is 0.826. The molecular formula is C19H18O5. The van der Waals surface area contributed by atoms with Gasteiger partial charge in [0.15, 0.2) is 12.2 Å². The normalized spacial score (nSPS) is 18.5. The Hall–Kier alpha value is -2.82. The highest BCUT2D eigenvalue weighted by Gasteiger charge is 2.45. The van der Waals surface area contributed by atoms with Crippen LogP contribution in [0.5, 0.6) is 11.5 Å². The fourth-order valence-corrected chi connectivity index (χ4v) is 2.95. The van der Waals surface area contributed by atoms with Crippen LogP contribution in [0.3, 0.4) is 0 Å². The van der Waals surface area contributed by atoms with Gasteiger partial charge in [-0.05, 0) is 30.2 Å². The van der Waals surface area contributed by atoms with Gasteiger partial charge in [-0.3, -0.25) is 4.79 Å². The van der Waals surface area contributed by atoms with Crippen molar-refractivity contribution in [2.75, 3.05) is 6.61 Å². The van der Waals surface area contributed by atoms with Crippen molar-refractivity contribution in [2.24, 2.45) is 0 Å². The van der Waals surface area contributed by atoms with E-state index in [9.17, 15) is 9.59 Å². The molecule has 0 bridgehead atoms. The number of fused-ring (bicyclic) bond motifs is 1. The summed E-state index contributed by atoms with van der Waals surface area (Å²) in [7, 11) is 0. The Morgan fingerprint density at radius 1 is 1.17 bits per heavy atom. The number of benzene rings is 2. The second-order valence-corrected chi connectivity index (χ2v) is 5.74. The number of carboxylic acids is 1. The molecule has 0 saturated heterocycles. The average molecular weight is 326 g/mol. The molecule has 5 heteroatoms. The number of rotatable bonds is 6. The minimum atomic E-state index is -1.09. The molecule has 0 saturated carbocycles. The van der Waals surface area contributed by atoms with Crippen molar-refractivity contribution in [1.29, 1.82) is 0 Å². The summed E-state index contributed by atoms with van der Waals surface area (Å²) in [6.07, 6.45) is 1.000.